The Morgan fingerprint density at radius 2 is 2.13 bits per heavy atom. The zero-order valence-corrected chi connectivity index (χ0v) is 10.5. The maximum atomic E-state index is 11.8. The predicted octanol–water partition coefficient (Wildman–Crippen LogP) is 1.44. The summed E-state index contributed by atoms with van der Waals surface area (Å²) in [6.07, 6.45) is 1.85. The summed E-state index contributed by atoms with van der Waals surface area (Å²) in [6, 6.07) is 0. The first kappa shape index (κ1) is 12.5. The van der Waals surface area contributed by atoms with E-state index >= 15 is 0 Å². The Hall–Kier alpha value is -0.570. The molecule has 0 spiro atoms. The number of carbonyl (C=O) groups excluding carboxylic acids is 1. The molecule has 1 atom stereocenters. The molecule has 88 valence electrons. The first-order chi connectivity index (χ1) is 7.00. The molecular weight excluding hydrogens is 188 g/mol. The summed E-state index contributed by atoms with van der Waals surface area (Å²) < 4.78 is 0. The molecule has 1 heterocycles. The molecule has 0 aromatic rings. The highest BCUT2D eigenvalue weighted by Crippen LogP contribution is 2.23. The monoisotopic (exact) mass is 212 g/mol. The van der Waals surface area contributed by atoms with Gasteiger partial charge in [-0.1, -0.05) is 13.8 Å². The van der Waals surface area contributed by atoms with Gasteiger partial charge >= 0.3 is 0 Å². The van der Waals surface area contributed by atoms with Gasteiger partial charge in [-0.3, -0.25) is 4.79 Å². The molecule has 1 aliphatic rings. The molecule has 0 saturated carbocycles. The average Bonchev–Trinajstić information content (AvgIpc) is 2.62. The smallest absolute Gasteiger partial charge is 0.223 e. The van der Waals surface area contributed by atoms with Crippen LogP contribution in [-0.4, -0.2) is 49.4 Å². The summed E-state index contributed by atoms with van der Waals surface area (Å²) in [4.78, 5) is 15.9. The largest absolute Gasteiger partial charge is 0.342 e. The SMILES string of the molecule is CC(C)C1CCN(C(=O)CCN(C)C)C1. The fraction of sp³-hybridized carbons (Fsp3) is 0.917. The maximum absolute atomic E-state index is 11.8. The van der Waals surface area contributed by atoms with Crippen LogP contribution in [0.5, 0.6) is 0 Å². The molecule has 0 N–H and O–H groups in total. The minimum atomic E-state index is 0.326. The predicted molar refractivity (Wildman–Crippen MR) is 62.7 cm³/mol. The Morgan fingerprint density at radius 1 is 1.47 bits per heavy atom. The van der Waals surface area contributed by atoms with Crippen LogP contribution in [0.3, 0.4) is 0 Å². The number of carbonyl (C=O) groups is 1. The lowest BCUT2D eigenvalue weighted by molar-refractivity contribution is -0.130. The van der Waals surface area contributed by atoms with E-state index in [1.165, 1.54) is 6.42 Å². The van der Waals surface area contributed by atoms with Crippen molar-refractivity contribution in [1.29, 1.82) is 0 Å². The molecule has 15 heavy (non-hydrogen) atoms. The highest BCUT2D eigenvalue weighted by atomic mass is 16.2. The van der Waals surface area contributed by atoms with Crippen LogP contribution in [-0.2, 0) is 4.79 Å². The van der Waals surface area contributed by atoms with Gasteiger partial charge in [0.1, 0.15) is 0 Å². The zero-order chi connectivity index (χ0) is 11.4. The number of likely N-dealkylation sites (tertiary alicyclic amines) is 1. The van der Waals surface area contributed by atoms with Crippen LogP contribution in [0.2, 0.25) is 0 Å². The lowest BCUT2D eigenvalue weighted by atomic mass is 9.95. The van der Waals surface area contributed by atoms with Gasteiger partial charge in [0.05, 0.1) is 0 Å². The molecule has 0 aromatic heterocycles. The second-order valence-electron chi connectivity index (χ2n) is 5.19. The van der Waals surface area contributed by atoms with Gasteiger partial charge in [-0.15, -0.1) is 0 Å². The standard InChI is InChI=1S/C12H24N2O/c1-10(2)11-5-8-14(9-11)12(15)6-7-13(3)4/h10-11H,5-9H2,1-4H3. The Kier molecular flexibility index (Phi) is 4.58. The fourth-order valence-electron chi connectivity index (χ4n) is 2.04. The molecule has 1 fully saturated rings. The van der Waals surface area contributed by atoms with Crippen molar-refractivity contribution >= 4 is 5.91 Å². The summed E-state index contributed by atoms with van der Waals surface area (Å²) in [5.74, 6) is 1.75. The lowest BCUT2D eigenvalue weighted by Crippen LogP contribution is -2.31. The van der Waals surface area contributed by atoms with Gasteiger partial charge in [-0.2, -0.15) is 0 Å². The van der Waals surface area contributed by atoms with Crippen molar-refractivity contribution in [1.82, 2.24) is 9.80 Å². The third-order valence-corrected chi connectivity index (χ3v) is 3.29. The van der Waals surface area contributed by atoms with Crippen LogP contribution >= 0.6 is 0 Å². The van der Waals surface area contributed by atoms with E-state index in [-0.39, 0.29) is 0 Å². The Bertz CT molecular complexity index is 214. The van der Waals surface area contributed by atoms with Crippen molar-refractivity contribution < 1.29 is 4.79 Å². The number of hydrogen-bond acceptors (Lipinski definition) is 2. The summed E-state index contributed by atoms with van der Waals surface area (Å²) in [7, 11) is 4.02. The summed E-state index contributed by atoms with van der Waals surface area (Å²) >= 11 is 0. The van der Waals surface area contributed by atoms with Crippen LogP contribution in [0.25, 0.3) is 0 Å². The van der Waals surface area contributed by atoms with E-state index in [1.54, 1.807) is 0 Å². The first-order valence-corrected chi connectivity index (χ1v) is 5.93. The third kappa shape index (κ3) is 3.82. The Morgan fingerprint density at radius 3 is 2.60 bits per heavy atom. The lowest BCUT2D eigenvalue weighted by Gasteiger charge is -2.19. The molecule has 0 aliphatic carbocycles. The molecule has 1 amide bonds. The summed E-state index contributed by atoms with van der Waals surface area (Å²) in [5, 5.41) is 0. The van der Waals surface area contributed by atoms with E-state index in [0.29, 0.717) is 24.2 Å². The molecule has 1 rings (SSSR count). The van der Waals surface area contributed by atoms with Crippen molar-refractivity contribution in [3.05, 3.63) is 0 Å². The van der Waals surface area contributed by atoms with Crippen molar-refractivity contribution in [2.75, 3.05) is 33.7 Å². The first-order valence-electron chi connectivity index (χ1n) is 5.93. The van der Waals surface area contributed by atoms with E-state index in [0.717, 1.165) is 19.6 Å². The van der Waals surface area contributed by atoms with E-state index in [4.69, 9.17) is 0 Å². The minimum absolute atomic E-state index is 0.326. The molecule has 0 aromatic carbocycles. The van der Waals surface area contributed by atoms with Gasteiger partial charge in [-0.05, 0) is 32.4 Å². The third-order valence-electron chi connectivity index (χ3n) is 3.29. The van der Waals surface area contributed by atoms with Crippen molar-refractivity contribution in [2.45, 2.75) is 26.7 Å². The summed E-state index contributed by atoms with van der Waals surface area (Å²) in [6.45, 7) is 7.30. The quantitative estimate of drug-likeness (QED) is 0.704. The van der Waals surface area contributed by atoms with Gasteiger partial charge in [0.15, 0.2) is 0 Å². The average molecular weight is 212 g/mol. The molecule has 1 saturated heterocycles. The van der Waals surface area contributed by atoms with Gasteiger partial charge in [0.2, 0.25) is 5.91 Å². The second-order valence-corrected chi connectivity index (χ2v) is 5.19. The van der Waals surface area contributed by atoms with E-state index in [2.05, 4.69) is 18.7 Å². The normalized spacial score (nSPS) is 21.7. The van der Waals surface area contributed by atoms with Crippen LogP contribution in [0.15, 0.2) is 0 Å². The van der Waals surface area contributed by atoms with Crippen LogP contribution in [0.4, 0.5) is 0 Å². The molecule has 0 bridgehead atoms. The topological polar surface area (TPSA) is 23.6 Å². The highest BCUT2D eigenvalue weighted by Gasteiger charge is 2.27. The molecule has 1 unspecified atom stereocenters. The van der Waals surface area contributed by atoms with Crippen LogP contribution in [0, 0.1) is 11.8 Å². The van der Waals surface area contributed by atoms with Gasteiger partial charge in [0.25, 0.3) is 0 Å². The molecule has 3 nitrogen and oxygen atoms in total. The zero-order valence-electron chi connectivity index (χ0n) is 10.5. The number of hydrogen-bond donors (Lipinski definition) is 0. The van der Waals surface area contributed by atoms with Crippen LogP contribution in [0.1, 0.15) is 26.7 Å². The fourth-order valence-corrected chi connectivity index (χ4v) is 2.04. The molecular formula is C12H24N2O. The van der Waals surface area contributed by atoms with Gasteiger partial charge in [-0.25, -0.2) is 0 Å². The van der Waals surface area contributed by atoms with E-state index < -0.39 is 0 Å². The second kappa shape index (κ2) is 5.50. The number of nitrogens with zero attached hydrogens (tertiary/aromatic N) is 2. The molecule has 3 heteroatoms. The Labute approximate surface area is 93.4 Å². The van der Waals surface area contributed by atoms with Crippen molar-refractivity contribution in [2.24, 2.45) is 11.8 Å². The highest BCUT2D eigenvalue weighted by molar-refractivity contribution is 5.76. The van der Waals surface area contributed by atoms with Crippen molar-refractivity contribution in [3.8, 4) is 0 Å². The van der Waals surface area contributed by atoms with E-state index in [1.807, 2.05) is 19.0 Å². The van der Waals surface area contributed by atoms with Crippen LogP contribution < -0.4 is 0 Å². The number of amides is 1. The minimum Gasteiger partial charge on any atom is -0.342 e. The van der Waals surface area contributed by atoms with Gasteiger partial charge < -0.3 is 9.80 Å². The molecule has 1 aliphatic heterocycles. The molecule has 0 radical (unpaired) electrons. The number of rotatable bonds is 4. The van der Waals surface area contributed by atoms with Gasteiger partial charge in [0, 0.05) is 26.1 Å². The maximum Gasteiger partial charge on any atom is 0.223 e. The Balaban J connectivity index is 2.30. The summed E-state index contributed by atoms with van der Waals surface area (Å²) in [5.41, 5.74) is 0. The van der Waals surface area contributed by atoms with E-state index in [9.17, 15) is 4.79 Å². The van der Waals surface area contributed by atoms with Crippen molar-refractivity contribution in [3.63, 3.8) is 0 Å².